The third-order valence-electron chi connectivity index (χ3n) is 4.32. The zero-order chi connectivity index (χ0) is 17.9. The molecule has 2 aliphatic heterocycles. The number of nitrogens with one attached hydrogen (secondary N) is 2. The minimum Gasteiger partial charge on any atom is -0.486 e. The number of fused-ring (bicyclic) bond motifs is 3. The molecule has 0 bridgehead atoms. The van der Waals surface area contributed by atoms with Crippen LogP contribution >= 0.6 is 0 Å². The molecule has 132 valence electrons. The number of aromatic amines is 1. The largest absolute Gasteiger partial charge is 0.486 e. The van der Waals surface area contributed by atoms with Crippen LogP contribution in [0, 0.1) is 0 Å². The molecule has 0 aliphatic carbocycles. The van der Waals surface area contributed by atoms with Crippen LogP contribution in [0.3, 0.4) is 0 Å². The molecule has 1 aromatic carbocycles. The molecule has 7 heteroatoms. The van der Waals surface area contributed by atoms with Crippen molar-refractivity contribution >= 4 is 23.6 Å². The van der Waals surface area contributed by atoms with Crippen LogP contribution in [0.2, 0.25) is 0 Å². The molecule has 0 fully saturated rings. The summed E-state index contributed by atoms with van der Waals surface area (Å²) in [5.41, 5.74) is 1.32. The van der Waals surface area contributed by atoms with E-state index in [4.69, 9.17) is 4.74 Å². The standard InChI is InChI=1S/C19H18N4O3/c24-16-6-7-20-19-18(16)22-10-14-8-15(11-23(14)19)26-12-17(25)21-9-13-4-2-1-3-5-13/h1-8,10,14H,9,11-12H2,(H,20,24)(H,21,25). The molecule has 1 unspecified atom stereocenters. The van der Waals surface area contributed by atoms with Crippen molar-refractivity contribution in [1.29, 1.82) is 0 Å². The zero-order valence-electron chi connectivity index (χ0n) is 14.0. The van der Waals surface area contributed by atoms with E-state index < -0.39 is 0 Å². The van der Waals surface area contributed by atoms with Gasteiger partial charge in [-0.1, -0.05) is 30.3 Å². The number of benzene rings is 1. The van der Waals surface area contributed by atoms with Gasteiger partial charge in [-0.25, -0.2) is 0 Å². The molecule has 2 aliphatic rings. The number of aromatic nitrogens is 1. The van der Waals surface area contributed by atoms with Gasteiger partial charge >= 0.3 is 0 Å². The highest BCUT2D eigenvalue weighted by Gasteiger charge is 2.30. The number of ether oxygens (including phenoxy) is 1. The number of aliphatic imine (C=N–C) groups is 1. The summed E-state index contributed by atoms with van der Waals surface area (Å²) in [5.74, 6) is 1.18. The molecule has 1 atom stereocenters. The van der Waals surface area contributed by atoms with E-state index in [1.807, 2.05) is 41.3 Å². The SMILES string of the molecule is O=C(COC1=CC2C=Nc3c([nH]ccc3=O)N2C1)NCc1ccccc1. The summed E-state index contributed by atoms with van der Waals surface area (Å²) >= 11 is 0. The fourth-order valence-electron chi connectivity index (χ4n) is 3.01. The monoisotopic (exact) mass is 350 g/mol. The number of carbonyl (C=O) groups is 1. The summed E-state index contributed by atoms with van der Waals surface area (Å²) < 4.78 is 5.64. The lowest BCUT2D eigenvalue weighted by molar-refractivity contribution is -0.124. The summed E-state index contributed by atoms with van der Waals surface area (Å²) in [6.07, 6.45) is 5.22. The Hall–Kier alpha value is -3.35. The third-order valence-corrected chi connectivity index (χ3v) is 4.32. The van der Waals surface area contributed by atoms with Crippen molar-refractivity contribution in [2.45, 2.75) is 12.6 Å². The second kappa shape index (κ2) is 6.87. The smallest absolute Gasteiger partial charge is 0.258 e. The van der Waals surface area contributed by atoms with Crippen molar-refractivity contribution in [3.63, 3.8) is 0 Å². The van der Waals surface area contributed by atoms with Gasteiger partial charge in [0.25, 0.3) is 5.91 Å². The molecule has 1 aromatic heterocycles. The molecule has 4 rings (SSSR count). The summed E-state index contributed by atoms with van der Waals surface area (Å²) in [5, 5.41) is 2.83. The normalized spacial score (nSPS) is 17.3. The maximum Gasteiger partial charge on any atom is 0.258 e. The topological polar surface area (TPSA) is 86.8 Å². The summed E-state index contributed by atoms with van der Waals surface area (Å²) in [7, 11) is 0. The van der Waals surface area contributed by atoms with Crippen molar-refractivity contribution in [3.05, 3.63) is 70.2 Å². The molecular weight excluding hydrogens is 332 g/mol. The van der Waals surface area contributed by atoms with Gasteiger partial charge in [0.15, 0.2) is 12.3 Å². The van der Waals surface area contributed by atoms with E-state index in [1.54, 1.807) is 12.4 Å². The number of H-pyrrole nitrogens is 1. The second-order valence-corrected chi connectivity index (χ2v) is 6.12. The highest BCUT2D eigenvalue weighted by molar-refractivity contribution is 5.85. The van der Waals surface area contributed by atoms with Crippen molar-refractivity contribution in [1.82, 2.24) is 10.3 Å². The first-order valence-electron chi connectivity index (χ1n) is 8.37. The molecule has 7 nitrogen and oxygen atoms in total. The number of hydrogen-bond acceptors (Lipinski definition) is 5. The highest BCUT2D eigenvalue weighted by Crippen LogP contribution is 2.31. The summed E-state index contributed by atoms with van der Waals surface area (Å²) in [4.78, 5) is 33.2. The Morgan fingerprint density at radius 3 is 3.00 bits per heavy atom. The van der Waals surface area contributed by atoms with Gasteiger partial charge in [0.05, 0.1) is 12.6 Å². The first-order valence-corrected chi connectivity index (χ1v) is 8.37. The summed E-state index contributed by atoms with van der Waals surface area (Å²) in [6.45, 7) is 0.905. The Bertz CT molecular complexity index is 933. The van der Waals surface area contributed by atoms with Crippen molar-refractivity contribution in [2.75, 3.05) is 18.1 Å². The van der Waals surface area contributed by atoms with Gasteiger partial charge in [-0.15, -0.1) is 0 Å². The molecule has 0 saturated carbocycles. The van der Waals surface area contributed by atoms with E-state index in [2.05, 4.69) is 15.3 Å². The number of amides is 1. The lowest BCUT2D eigenvalue weighted by Crippen LogP contribution is -2.35. The molecular formula is C19H18N4O3. The van der Waals surface area contributed by atoms with Crippen molar-refractivity contribution < 1.29 is 9.53 Å². The number of hydrogen-bond donors (Lipinski definition) is 2. The number of nitrogens with zero attached hydrogens (tertiary/aromatic N) is 2. The number of anilines is 1. The van der Waals surface area contributed by atoms with Crippen LogP contribution in [0.1, 0.15) is 5.56 Å². The van der Waals surface area contributed by atoms with Gasteiger partial charge < -0.3 is 19.9 Å². The van der Waals surface area contributed by atoms with Crippen molar-refractivity contribution in [2.24, 2.45) is 4.99 Å². The first-order chi connectivity index (χ1) is 12.7. The van der Waals surface area contributed by atoms with Gasteiger partial charge in [-0.3, -0.25) is 14.6 Å². The molecule has 0 radical (unpaired) electrons. The highest BCUT2D eigenvalue weighted by atomic mass is 16.5. The van der Waals surface area contributed by atoms with Crippen molar-refractivity contribution in [3.8, 4) is 0 Å². The van der Waals surface area contributed by atoms with Gasteiger partial charge in [-0.2, -0.15) is 0 Å². The Morgan fingerprint density at radius 1 is 1.31 bits per heavy atom. The maximum atomic E-state index is 12.0. The van der Waals surface area contributed by atoms with Gasteiger partial charge in [0.1, 0.15) is 11.6 Å². The molecule has 26 heavy (non-hydrogen) atoms. The van der Waals surface area contributed by atoms with Gasteiger partial charge in [0.2, 0.25) is 5.43 Å². The summed E-state index contributed by atoms with van der Waals surface area (Å²) in [6, 6.07) is 11.1. The van der Waals surface area contributed by atoms with Crippen LogP contribution < -0.4 is 15.6 Å². The van der Waals surface area contributed by atoms with E-state index >= 15 is 0 Å². The first kappa shape index (κ1) is 16.1. The third kappa shape index (κ3) is 3.23. The van der Waals surface area contributed by atoms with E-state index in [1.165, 1.54) is 6.07 Å². The second-order valence-electron chi connectivity index (χ2n) is 6.12. The predicted octanol–water partition coefficient (Wildman–Crippen LogP) is 1.50. The number of rotatable bonds is 5. The average Bonchev–Trinajstić information content (AvgIpc) is 3.09. The van der Waals surface area contributed by atoms with E-state index in [0.717, 1.165) is 5.56 Å². The lowest BCUT2D eigenvalue weighted by atomic mass is 10.2. The fraction of sp³-hybridized carbons (Fsp3) is 0.211. The molecule has 2 aromatic rings. The lowest BCUT2D eigenvalue weighted by Gasteiger charge is -2.27. The van der Waals surface area contributed by atoms with E-state index in [0.29, 0.717) is 30.4 Å². The van der Waals surface area contributed by atoms with Crippen LogP contribution in [0.15, 0.2) is 64.2 Å². The fourth-order valence-corrected chi connectivity index (χ4v) is 3.01. The number of pyridine rings is 1. The Balaban J connectivity index is 1.33. The molecule has 3 heterocycles. The molecule has 0 saturated heterocycles. The van der Waals surface area contributed by atoms with Crippen LogP contribution in [-0.4, -0.2) is 36.3 Å². The average molecular weight is 350 g/mol. The molecule has 0 spiro atoms. The zero-order valence-corrected chi connectivity index (χ0v) is 14.0. The Labute approximate surface area is 150 Å². The number of carbonyl (C=O) groups excluding carboxylic acids is 1. The minimum absolute atomic E-state index is 0.0471. The van der Waals surface area contributed by atoms with Gasteiger partial charge in [0, 0.05) is 25.0 Å². The Kier molecular flexibility index (Phi) is 4.27. The Morgan fingerprint density at radius 2 is 2.15 bits per heavy atom. The van der Waals surface area contributed by atoms with Crippen LogP contribution in [-0.2, 0) is 16.1 Å². The molecule has 1 amide bonds. The quantitative estimate of drug-likeness (QED) is 0.855. The predicted molar refractivity (Wildman–Crippen MR) is 98.7 cm³/mol. The van der Waals surface area contributed by atoms with Gasteiger partial charge in [-0.05, 0) is 11.6 Å². The van der Waals surface area contributed by atoms with E-state index in [9.17, 15) is 9.59 Å². The van der Waals surface area contributed by atoms with Crippen LogP contribution in [0.25, 0.3) is 0 Å². The maximum absolute atomic E-state index is 12.0. The minimum atomic E-state index is -0.179. The van der Waals surface area contributed by atoms with E-state index in [-0.39, 0.29) is 24.0 Å². The van der Waals surface area contributed by atoms with Crippen LogP contribution in [0.4, 0.5) is 11.5 Å². The van der Waals surface area contributed by atoms with Crippen LogP contribution in [0.5, 0.6) is 0 Å². The molecule has 2 N–H and O–H groups in total.